The smallest absolute Gasteiger partial charge is 0.124 e. The monoisotopic (exact) mass is 370 g/mol. The normalized spacial score (nSPS) is 12.7. The summed E-state index contributed by atoms with van der Waals surface area (Å²) in [4.78, 5) is 2.11. The second-order valence-corrected chi connectivity index (χ2v) is 6.28. The molecule has 0 aromatic heterocycles. The van der Waals surface area contributed by atoms with E-state index in [9.17, 15) is 4.39 Å². The zero-order valence-electron chi connectivity index (χ0n) is 11.7. The van der Waals surface area contributed by atoms with Crippen LogP contribution in [0, 0.1) is 5.82 Å². The summed E-state index contributed by atoms with van der Waals surface area (Å²) in [7, 11) is 1.99. The van der Waals surface area contributed by atoms with Crippen LogP contribution in [0.4, 0.5) is 4.39 Å². The first-order valence-corrected chi connectivity index (χ1v) is 7.78. The number of hydrogen-bond donors (Lipinski definition) is 1. The molecule has 0 saturated heterocycles. The first-order chi connectivity index (χ1) is 10.0. The van der Waals surface area contributed by atoms with Crippen LogP contribution in [0.25, 0.3) is 0 Å². The van der Waals surface area contributed by atoms with Crippen LogP contribution in [-0.4, -0.2) is 18.5 Å². The standard InChI is InChI=1S/C16H17BrClFN2/c1-21(10-11-2-4-12(17)5-3-11)16(9-20)14-7-6-13(19)8-15(14)18/h2-8,16H,9-10,20H2,1H3. The van der Waals surface area contributed by atoms with Gasteiger partial charge >= 0.3 is 0 Å². The van der Waals surface area contributed by atoms with Crippen molar-refractivity contribution in [3.8, 4) is 0 Å². The van der Waals surface area contributed by atoms with Gasteiger partial charge in [0.1, 0.15) is 5.82 Å². The van der Waals surface area contributed by atoms with E-state index in [0.29, 0.717) is 11.6 Å². The van der Waals surface area contributed by atoms with Crippen molar-refractivity contribution in [2.24, 2.45) is 5.73 Å². The lowest BCUT2D eigenvalue weighted by molar-refractivity contribution is 0.242. The first-order valence-electron chi connectivity index (χ1n) is 6.61. The third-order valence-electron chi connectivity index (χ3n) is 3.42. The number of halogens is 3. The third kappa shape index (κ3) is 4.27. The average molecular weight is 372 g/mol. The highest BCUT2D eigenvalue weighted by Gasteiger charge is 2.18. The van der Waals surface area contributed by atoms with Gasteiger partial charge in [-0.05, 0) is 42.4 Å². The first kappa shape index (κ1) is 16.4. The van der Waals surface area contributed by atoms with E-state index < -0.39 is 0 Å². The molecular weight excluding hydrogens is 355 g/mol. The highest BCUT2D eigenvalue weighted by atomic mass is 79.9. The molecule has 0 saturated carbocycles. The molecule has 0 radical (unpaired) electrons. The predicted molar refractivity (Wildman–Crippen MR) is 88.8 cm³/mol. The summed E-state index contributed by atoms with van der Waals surface area (Å²) in [5.74, 6) is -0.338. The summed E-state index contributed by atoms with van der Waals surface area (Å²) >= 11 is 9.56. The fourth-order valence-electron chi connectivity index (χ4n) is 2.30. The van der Waals surface area contributed by atoms with Crippen LogP contribution in [0.5, 0.6) is 0 Å². The Morgan fingerprint density at radius 3 is 2.48 bits per heavy atom. The fraction of sp³-hybridized carbons (Fsp3) is 0.250. The SMILES string of the molecule is CN(Cc1ccc(Br)cc1)C(CN)c1ccc(F)cc1Cl. The average Bonchev–Trinajstić information content (AvgIpc) is 2.44. The molecular formula is C16H17BrClFN2. The van der Waals surface area contributed by atoms with Gasteiger partial charge in [0.2, 0.25) is 0 Å². The number of likely N-dealkylation sites (N-methyl/N-ethyl adjacent to an activating group) is 1. The minimum absolute atomic E-state index is 0.0539. The van der Waals surface area contributed by atoms with Crippen molar-refractivity contribution in [3.63, 3.8) is 0 Å². The molecule has 21 heavy (non-hydrogen) atoms. The van der Waals surface area contributed by atoms with E-state index in [0.717, 1.165) is 16.6 Å². The van der Waals surface area contributed by atoms with Crippen LogP contribution in [-0.2, 0) is 6.54 Å². The highest BCUT2D eigenvalue weighted by molar-refractivity contribution is 9.10. The molecule has 2 nitrogen and oxygen atoms in total. The number of rotatable bonds is 5. The largest absolute Gasteiger partial charge is 0.329 e. The van der Waals surface area contributed by atoms with Crippen molar-refractivity contribution in [3.05, 3.63) is 68.9 Å². The summed E-state index contributed by atoms with van der Waals surface area (Å²) in [6.45, 7) is 1.15. The molecule has 2 N–H and O–H groups in total. The molecule has 0 aliphatic rings. The Labute approximate surface area is 137 Å². The van der Waals surface area contributed by atoms with Gasteiger partial charge < -0.3 is 5.73 Å². The van der Waals surface area contributed by atoms with Crippen molar-refractivity contribution in [1.29, 1.82) is 0 Å². The Morgan fingerprint density at radius 2 is 1.90 bits per heavy atom. The molecule has 5 heteroatoms. The number of hydrogen-bond acceptors (Lipinski definition) is 2. The van der Waals surface area contributed by atoms with Crippen molar-refractivity contribution < 1.29 is 4.39 Å². The van der Waals surface area contributed by atoms with E-state index in [1.165, 1.54) is 17.7 Å². The number of benzene rings is 2. The van der Waals surface area contributed by atoms with Crippen LogP contribution in [0.1, 0.15) is 17.2 Å². The fourth-order valence-corrected chi connectivity index (χ4v) is 2.86. The van der Waals surface area contributed by atoms with Crippen LogP contribution in [0.2, 0.25) is 5.02 Å². The molecule has 1 atom stereocenters. The lowest BCUT2D eigenvalue weighted by atomic mass is 10.0. The Morgan fingerprint density at radius 1 is 1.24 bits per heavy atom. The maximum absolute atomic E-state index is 13.2. The third-order valence-corrected chi connectivity index (χ3v) is 4.28. The van der Waals surface area contributed by atoms with E-state index in [2.05, 4.69) is 33.0 Å². The molecule has 0 spiro atoms. The van der Waals surface area contributed by atoms with E-state index in [1.54, 1.807) is 6.07 Å². The molecule has 0 heterocycles. The lowest BCUT2D eigenvalue weighted by Crippen LogP contribution is -2.30. The molecule has 2 aromatic carbocycles. The Balaban J connectivity index is 2.18. The van der Waals surface area contributed by atoms with E-state index in [-0.39, 0.29) is 11.9 Å². The second-order valence-electron chi connectivity index (χ2n) is 4.96. The van der Waals surface area contributed by atoms with Crippen LogP contribution in [0.15, 0.2) is 46.9 Å². The minimum Gasteiger partial charge on any atom is -0.329 e. The maximum Gasteiger partial charge on any atom is 0.124 e. The molecule has 2 rings (SSSR count). The summed E-state index contributed by atoms with van der Waals surface area (Å²) in [5, 5.41) is 0.410. The maximum atomic E-state index is 13.2. The topological polar surface area (TPSA) is 29.3 Å². The van der Waals surface area contributed by atoms with Gasteiger partial charge in [0.15, 0.2) is 0 Å². The molecule has 112 valence electrons. The van der Waals surface area contributed by atoms with Crippen molar-refractivity contribution in [2.75, 3.05) is 13.6 Å². The lowest BCUT2D eigenvalue weighted by Gasteiger charge is -2.28. The van der Waals surface area contributed by atoms with E-state index in [4.69, 9.17) is 17.3 Å². The van der Waals surface area contributed by atoms with Crippen LogP contribution >= 0.6 is 27.5 Å². The summed E-state index contributed by atoms with van der Waals surface area (Å²) in [6, 6.07) is 12.5. The molecule has 0 aliphatic carbocycles. The van der Waals surface area contributed by atoms with Crippen molar-refractivity contribution in [1.82, 2.24) is 4.90 Å². The molecule has 0 aliphatic heterocycles. The quantitative estimate of drug-likeness (QED) is 0.845. The Bertz CT molecular complexity index is 604. The predicted octanol–water partition coefficient (Wildman–Crippen LogP) is 4.37. The van der Waals surface area contributed by atoms with Gasteiger partial charge in [-0.15, -0.1) is 0 Å². The van der Waals surface area contributed by atoms with Gasteiger partial charge in [0.25, 0.3) is 0 Å². The Hall–Kier alpha value is -0.940. The van der Waals surface area contributed by atoms with Gasteiger partial charge in [-0.2, -0.15) is 0 Å². The van der Waals surface area contributed by atoms with Gasteiger partial charge in [0.05, 0.1) is 0 Å². The number of nitrogens with two attached hydrogens (primary N) is 1. The van der Waals surface area contributed by atoms with Gasteiger partial charge in [0, 0.05) is 28.6 Å². The van der Waals surface area contributed by atoms with Crippen molar-refractivity contribution in [2.45, 2.75) is 12.6 Å². The minimum atomic E-state index is -0.338. The molecule has 0 amide bonds. The van der Waals surface area contributed by atoms with E-state index >= 15 is 0 Å². The molecule has 0 bridgehead atoms. The zero-order valence-corrected chi connectivity index (χ0v) is 14.0. The van der Waals surface area contributed by atoms with Gasteiger partial charge in [-0.1, -0.05) is 45.7 Å². The highest BCUT2D eigenvalue weighted by Crippen LogP contribution is 2.28. The summed E-state index contributed by atoms with van der Waals surface area (Å²) in [5.41, 5.74) is 7.91. The van der Waals surface area contributed by atoms with Gasteiger partial charge in [-0.3, -0.25) is 4.90 Å². The molecule has 2 aromatic rings. The molecule has 1 unspecified atom stereocenters. The molecule has 0 fully saturated rings. The van der Waals surface area contributed by atoms with E-state index in [1.807, 2.05) is 19.2 Å². The summed E-state index contributed by atoms with van der Waals surface area (Å²) in [6.07, 6.45) is 0. The Kier molecular flexibility index (Phi) is 5.76. The van der Waals surface area contributed by atoms with Crippen LogP contribution in [0.3, 0.4) is 0 Å². The van der Waals surface area contributed by atoms with Crippen LogP contribution < -0.4 is 5.73 Å². The zero-order chi connectivity index (χ0) is 15.4. The van der Waals surface area contributed by atoms with Gasteiger partial charge in [-0.25, -0.2) is 4.39 Å². The number of nitrogens with zero attached hydrogens (tertiary/aromatic N) is 1. The summed E-state index contributed by atoms with van der Waals surface area (Å²) < 4.78 is 14.2. The second kappa shape index (κ2) is 7.36. The van der Waals surface area contributed by atoms with Crippen molar-refractivity contribution >= 4 is 27.5 Å².